The molecule has 7 nitrogen and oxygen atoms in total. The van der Waals surface area contributed by atoms with Crippen molar-refractivity contribution in [2.45, 2.75) is 25.4 Å². The number of rotatable bonds is 9. The molecular weight excluding hydrogens is 442 g/mol. The van der Waals surface area contributed by atoms with Gasteiger partial charge in [-0.05, 0) is 36.6 Å². The van der Waals surface area contributed by atoms with E-state index in [4.69, 9.17) is 14.2 Å². The van der Waals surface area contributed by atoms with Gasteiger partial charge in [-0.2, -0.15) is 0 Å². The van der Waals surface area contributed by atoms with Gasteiger partial charge in [0.1, 0.15) is 0 Å². The first-order valence-corrected chi connectivity index (χ1v) is 11.8. The van der Waals surface area contributed by atoms with E-state index in [0.717, 1.165) is 43.9 Å². The lowest BCUT2D eigenvalue weighted by molar-refractivity contribution is 0.0909. The van der Waals surface area contributed by atoms with Gasteiger partial charge in [-0.3, -0.25) is 9.69 Å². The Morgan fingerprint density at radius 2 is 1.54 bits per heavy atom. The van der Waals surface area contributed by atoms with Crippen molar-refractivity contribution in [3.05, 3.63) is 77.9 Å². The van der Waals surface area contributed by atoms with Crippen LogP contribution in [0.5, 0.6) is 17.2 Å². The Balaban J connectivity index is 1.35. The highest BCUT2D eigenvalue weighted by molar-refractivity contribution is 5.95. The summed E-state index contributed by atoms with van der Waals surface area (Å²) in [5, 5.41) is 6.54. The van der Waals surface area contributed by atoms with Crippen LogP contribution in [0.15, 0.2) is 66.7 Å². The third-order valence-corrected chi connectivity index (χ3v) is 6.25. The Morgan fingerprint density at radius 3 is 2.17 bits per heavy atom. The maximum absolute atomic E-state index is 13.0. The van der Waals surface area contributed by atoms with Crippen molar-refractivity contribution >= 4 is 17.3 Å². The van der Waals surface area contributed by atoms with Crippen LogP contribution in [0, 0.1) is 0 Å². The molecule has 3 aromatic carbocycles. The van der Waals surface area contributed by atoms with E-state index in [9.17, 15) is 4.79 Å². The number of nitrogens with zero attached hydrogens (tertiary/aromatic N) is 1. The molecule has 35 heavy (non-hydrogen) atoms. The van der Waals surface area contributed by atoms with Crippen LogP contribution < -0.4 is 24.8 Å². The summed E-state index contributed by atoms with van der Waals surface area (Å²) < 4.78 is 16.3. The van der Waals surface area contributed by atoms with Crippen LogP contribution in [0.3, 0.4) is 0 Å². The van der Waals surface area contributed by atoms with Gasteiger partial charge in [0.05, 0.1) is 21.3 Å². The fourth-order valence-electron chi connectivity index (χ4n) is 4.40. The first-order valence-electron chi connectivity index (χ1n) is 11.8. The van der Waals surface area contributed by atoms with Gasteiger partial charge in [0.15, 0.2) is 11.5 Å². The van der Waals surface area contributed by atoms with Crippen molar-refractivity contribution < 1.29 is 19.0 Å². The normalized spacial score (nSPS) is 14.3. The first kappa shape index (κ1) is 24.4. The predicted octanol–water partition coefficient (Wildman–Crippen LogP) is 4.85. The number of methoxy groups -OCH3 is 3. The van der Waals surface area contributed by atoms with E-state index in [2.05, 4.69) is 39.8 Å². The third-order valence-electron chi connectivity index (χ3n) is 6.25. The largest absolute Gasteiger partial charge is 0.493 e. The number of benzene rings is 3. The highest BCUT2D eigenvalue weighted by Crippen LogP contribution is 2.40. The van der Waals surface area contributed by atoms with Crippen LogP contribution in [-0.4, -0.2) is 51.3 Å². The molecule has 1 aliphatic rings. The van der Waals surface area contributed by atoms with Gasteiger partial charge < -0.3 is 24.8 Å². The molecule has 2 N–H and O–H groups in total. The highest BCUT2D eigenvalue weighted by atomic mass is 16.5. The number of likely N-dealkylation sites (tertiary alicyclic amines) is 1. The molecule has 1 amide bonds. The molecule has 0 radical (unpaired) electrons. The molecule has 0 spiro atoms. The van der Waals surface area contributed by atoms with Crippen LogP contribution in [-0.2, 0) is 6.54 Å². The number of carbonyl (C=O) groups is 1. The molecule has 184 valence electrons. The smallest absolute Gasteiger partial charge is 0.251 e. The molecular formula is C28H33N3O4. The minimum Gasteiger partial charge on any atom is -0.493 e. The number of piperidine rings is 1. The zero-order valence-electron chi connectivity index (χ0n) is 20.5. The van der Waals surface area contributed by atoms with Crippen molar-refractivity contribution in [1.82, 2.24) is 10.2 Å². The van der Waals surface area contributed by atoms with Crippen LogP contribution in [0.2, 0.25) is 0 Å². The van der Waals surface area contributed by atoms with Crippen molar-refractivity contribution in [3.8, 4) is 17.2 Å². The lowest BCUT2D eigenvalue weighted by atomic mass is 10.0. The number of hydrogen-bond donors (Lipinski definition) is 2. The SMILES string of the molecule is COc1cc(Nc2cccc(C(=O)NC3CCN(Cc4ccccc4)CC3)c2)cc(OC)c1OC. The fourth-order valence-corrected chi connectivity index (χ4v) is 4.40. The Morgan fingerprint density at radius 1 is 0.857 bits per heavy atom. The van der Waals surface area contributed by atoms with Gasteiger partial charge in [0.25, 0.3) is 5.91 Å². The molecule has 3 aromatic rings. The molecule has 4 rings (SSSR count). The molecule has 1 heterocycles. The van der Waals surface area contributed by atoms with Gasteiger partial charge in [0, 0.05) is 54.7 Å². The second-order valence-electron chi connectivity index (χ2n) is 8.63. The standard InChI is InChI=1S/C28H33N3O4/c1-33-25-17-24(18-26(34-2)27(25)35-3)29-23-11-7-10-21(16-23)28(32)30-22-12-14-31(15-13-22)19-20-8-5-4-6-9-20/h4-11,16-18,22,29H,12-15,19H2,1-3H3,(H,30,32). The Bertz CT molecular complexity index is 1100. The molecule has 0 atom stereocenters. The zero-order chi connectivity index (χ0) is 24.6. The lowest BCUT2D eigenvalue weighted by Crippen LogP contribution is -2.44. The number of hydrogen-bond acceptors (Lipinski definition) is 6. The third kappa shape index (κ3) is 6.25. The molecule has 0 saturated carbocycles. The van der Waals surface area contributed by atoms with Gasteiger partial charge in [-0.25, -0.2) is 0 Å². The Labute approximate surface area is 207 Å². The molecule has 1 saturated heterocycles. The average molecular weight is 476 g/mol. The van der Waals surface area contributed by atoms with E-state index >= 15 is 0 Å². The lowest BCUT2D eigenvalue weighted by Gasteiger charge is -2.32. The minimum atomic E-state index is -0.0555. The maximum atomic E-state index is 13.0. The van der Waals surface area contributed by atoms with E-state index in [0.29, 0.717) is 22.8 Å². The van der Waals surface area contributed by atoms with E-state index in [-0.39, 0.29) is 11.9 Å². The second-order valence-corrected chi connectivity index (χ2v) is 8.63. The Hall–Kier alpha value is -3.71. The topological polar surface area (TPSA) is 72.1 Å². The van der Waals surface area contributed by atoms with Crippen molar-refractivity contribution in [1.29, 1.82) is 0 Å². The minimum absolute atomic E-state index is 0.0555. The van der Waals surface area contributed by atoms with Gasteiger partial charge in [0.2, 0.25) is 5.75 Å². The van der Waals surface area contributed by atoms with Gasteiger partial charge in [-0.1, -0.05) is 36.4 Å². The van der Waals surface area contributed by atoms with Crippen LogP contribution in [0.1, 0.15) is 28.8 Å². The fraction of sp³-hybridized carbons (Fsp3) is 0.321. The number of ether oxygens (including phenoxy) is 3. The van der Waals surface area contributed by atoms with Gasteiger partial charge >= 0.3 is 0 Å². The monoisotopic (exact) mass is 475 g/mol. The molecule has 1 aliphatic heterocycles. The van der Waals surface area contributed by atoms with Crippen molar-refractivity contribution in [2.24, 2.45) is 0 Å². The predicted molar refractivity (Wildman–Crippen MR) is 138 cm³/mol. The summed E-state index contributed by atoms with van der Waals surface area (Å²) in [7, 11) is 4.74. The van der Waals surface area contributed by atoms with Crippen LogP contribution in [0.4, 0.5) is 11.4 Å². The molecule has 0 unspecified atom stereocenters. The highest BCUT2D eigenvalue weighted by Gasteiger charge is 2.21. The van der Waals surface area contributed by atoms with E-state index in [1.807, 2.05) is 42.5 Å². The number of anilines is 2. The van der Waals surface area contributed by atoms with Crippen LogP contribution >= 0.6 is 0 Å². The quantitative estimate of drug-likeness (QED) is 0.461. The number of nitrogens with one attached hydrogen (secondary N) is 2. The van der Waals surface area contributed by atoms with E-state index < -0.39 is 0 Å². The zero-order valence-corrected chi connectivity index (χ0v) is 20.5. The van der Waals surface area contributed by atoms with E-state index in [1.54, 1.807) is 21.3 Å². The molecule has 1 fully saturated rings. The maximum Gasteiger partial charge on any atom is 0.251 e. The molecule has 0 aliphatic carbocycles. The summed E-state index contributed by atoms with van der Waals surface area (Å²) in [4.78, 5) is 15.4. The van der Waals surface area contributed by atoms with E-state index in [1.165, 1.54) is 5.56 Å². The van der Waals surface area contributed by atoms with Crippen LogP contribution in [0.25, 0.3) is 0 Å². The molecule has 7 heteroatoms. The summed E-state index contributed by atoms with van der Waals surface area (Å²) in [6.07, 6.45) is 1.89. The van der Waals surface area contributed by atoms with Crippen molar-refractivity contribution in [2.75, 3.05) is 39.7 Å². The number of amides is 1. The molecule has 0 bridgehead atoms. The van der Waals surface area contributed by atoms with Crippen molar-refractivity contribution in [3.63, 3.8) is 0 Å². The van der Waals surface area contributed by atoms with Gasteiger partial charge in [-0.15, -0.1) is 0 Å². The molecule has 0 aromatic heterocycles. The summed E-state index contributed by atoms with van der Waals surface area (Å²) in [6, 6.07) is 21.8. The Kier molecular flexibility index (Phi) is 8.11. The number of carbonyl (C=O) groups excluding carboxylic acids is 1. The summed E-state index contributed by atoms with van der Waals surface area (Å²) in [5.74, 6) is 1.59. The summed E-state index contributed by atoms with van der Waals surface area (Å²) >= 11 is 0. The summed E-state index contributed by atoms with van der Waals surface area (Å²) in [6.45, 7) is 2.90. The first-order chi connectivity index (χ1) is 17.1. The average Bonchev–Trinajstić information content (AvgIpc) is 2.90. The second kappa shape index (κ2) is 11.6. The summed E-state index contributed by atoms with van der Waals surface area (Å²) in [5.41, 5.74) is 3.51.